The van der Waals surface area contributed by atoms with Gasteiger partial charge in [-0.3, -0.25) is 0 Å². The zero-order chi connectivity index (χ0) is 11.8. The van der Waals surface area contributed by atoms with E-state index >= 15 is 0 Å². The van der Waals surface area contributed by atoms with Gasteiger partial charge in [-0.1, -0.05) is 24.4 Å². The van der Waals surface area contributed by atoms with Crippen molar-refractivity contribution in [3.63, 3.8) is 0 Å². The number of ether oxygens (including phenoxy) is 1. The molecule has 0 spiro atoms. The maximum atomic E-state index is 5.62. The molecule has 1 rings (SSSR count). The van der Waals surface area contributed by atoms with Gasteiger partial charge in [0.1, 0.15) is 0 Å². The van der Waals surface area contributed by atoms with Crippen LogP contribution < -0.4 is 11.1 Å². The zero-order valence-corrected chi connectivity index (χ0v) is 11.2. The molecule has 0 aromatic heterocycles. The average molecular weight is 260 g/mol. The van der Waals surface area contributed by atoms with Crippen LogP contribution in [0.4, 0.5) is 0 Å². The Morgan fingerprint density at radius 2 is 2.19 bits per heavy atom. The van der Waals surface area contributed by atoms with E-state index in [-0.39, 0.29) is 0 Å². The summed E-state index contributed by atoms with van der Waals surface area (Å²) in [6.45, 7) is 1.73. The largest absolute Gasteiger partial charge is 0.393 e. The third-order valence-corrected chi connectivity index (χ3v) is 3.12. The third kappa shape index (κ3) is 6.35. The highest BCUT2D eigenvalue weighted by Crippen LogP contribution is 2.15. The highest BCUT2D eigenvalue weighted by molar-refractivity contribution is 7.80. The molecule has 1 saturated heterocycles. The van der Waals surface area contributed by atoms with Crippen molar-refractivity contribution in [3.8, 4) is 0 Å². The van der Waals surface area contributed by atoms with E-state index in [1.807, 2.05) is 0 Å². The standard InChI is InChI=1S/C11H20N2OS2/c12-10(15)5-3-6-13-11(16)8-9-4-1-2-7-14-9/h9H,1-8H2,(H2,12,15)(H,13,16). The molecule has 0 saturated carbocycles. The molecule has 16 heavy (non-hydrogen) atoms. The van der Waals surface area contributed by atoms with Crippen LogP contribution in [0, 0.1) is 0 Å². The molecule has 1 heterocycles. The first-order chi connectivity index (χ1) is 7.68. The van der Waals surface area contributed by atoms with Gasteiger partial charge in [0.05, 0.1) is 16.1 Å². The van der Waals surface area contributed by atoms with Crippen LogP contribution in [0.25, 0.3) is 0 Å². The lowest BCUT2D eigenvalue weighted by Crippen LogP contribution is -2.30. The van der Waals surface area contributed by atoms with Crippen LogP contribution in [0.1, 0.15) is 38.5 Å². The Balaban J connectivity index is 2.03. The topological polar surface area (TPSA) is 47.3 Å². The molecule has 3 nitrogen and oxygen atoms in total. The van der Waals surface area contributed by atoms with E-state index in [0.717, 1.165) is 43.8 Å². The average Bonchev–Trinajstić information content (AvgIpc) is 2.25. The SMILES string of the molecule is NC(=S)CCCNC(=S)CC1CCCCO1. The first-order valence-electron chi connectivity index (χ1n) is 5.85. The first-order valence-corrected chi connectivity index (χ1v) is 6.66. The molecule has 0 aromatic rings. The molecule has 1 atom stereocenters. The third-order valence-electron chi connectivity index (χ3n) is 2.61. The van der Waals surface area contributed by atoms with E-state index in [1.165, 1.54) is 12.8 Å². The smallest absolute Gasteiger partial charge is 0.0779 e. The first kappa shape index (κ1) is 13.8. The molecule has 1 aliphatic rings. The summed E-state index contributed by atoms with van der Waals surface area (Å²) in [6, 6.07) is 0. The minimum absolute atomic E-state index is 0.323. The summed E-state index contributed by atoms with van der Waals surface area (Å²) in [5.41, 5.74) is 5.41. The molecule has 1 fully saturated rings. The maximum Gasteiger partial charge on any atom is 0.0779 e. The molecular formula is C11H20N2OS2. The number of hydrogen-bond acceptors (Lipinski definition) is 3. The van der Waals surface area contributed by atoms with E-state index < -0.39 is 0 Å². The Kier molecular flexibility index (Phi) is 6.84. The minimum Gasteiger partial charge on any atom is -0.393 e. The van der Waals surface area contributed by atoms with Crippen LogP contribution in [-0.2, 0) is 4.74 Å². The van der Waals surface area contributed by atoms with Gasteiger partial charge in [0.25, 0.3) is 0 Å². The molecule has 5 heteroatoms. The quantitative estimate of drug-likeness (QED) is 0.564. The lowest BCUT2D eigenvalue weighted by Gasteiger charge is -2.23. The van der Waals surface area contributed by atoms with Gasteiger partial charge in [-0.25, -0.2) is 0 Å². The van der Waals surface area contributed by atoms with Crippen LogP contribution in [0.15, 0.2) is 0 Å². The van der Waals surface area contributed by atoms with Crippen LogP contribution in [0.3, 0.4) is 0 Å². The van der Waals surface area contributed by atoms with Crippen molar-refractivity contribution >= 4 is 34.4 Å². The molecular weight excluding hydrogens is 240 g/mol. The van der Waals surface area contributed by atoms with Gasteiger partial charge in [-0.15, -0.1) is 0 Å². The van der Waals surface area contributed by atoms with Crippen molar-refractivity contribution in [2.75, 3.05) is 13.2 Å². The number of nitrogens with two attached hydrogens (primary N) is 1. The molecule has 0 aromatic carbocycles. The Bertz CT molecular complexity index is 240. The Morgan fingerprint density at radius 3 is 2.81 bits per heavy atom. The number of thiocarbonyl (C=S) groups is 2. The van der Waals surface area contributed by atoms with Crippen molar-refractivity contribution in [2.45, 2.75) is 44.6 Å². The fourth-order valence-electron chi connectivity index (χ4n) is 1.74. The second-order valence-electron chi connectivity index (χ2n) is 4.11. The van der Waals surface area contributed by atoms with Crippen molar-refractivity contribution in [1.29, 1.82) is 0 Å². The van der Waals surface area contributed by atoms with Gasteiger partial charge in [0.15, 0.2) is 0 Å². The summed E-state index contributed by atoms with van der Waals surface area (Å²) in [5.74, 6) is 0. The fourth-order valence-corrected chi connectivity index (χ4v) is 2.17. The van der Waals surface area contributed by atoms with E-state index in [1.54, 1.807) is 0 Å². The lowest BCUT2D eigenvalue weighted by atomic mass is 10.1. The summed E-state index contributed by atoms with van der Waals surface area (Å²) in [6.07, 6.45) is 6.48. The molecule has 0 bridgehead atoms. The molecule has 0 amide bonds. The molecule has 92 valence electrons. The monoisotopic (exact) mass is 260 g/mol. The molecule has 3 N–H and O–H groups in total. The number of hydrogen-bond donors (Lipinski definition) is 2. The van der Waals surface area contributed by atoms with Crippen molar-refractivity contribution in [2.24, 2.45) is 5.73 Å². The minimum atomic E-state index is 0.323. The highest BCUT2D eigenvalue weighted by Gasteiger charge is 2.15. The normalized spacial score (nSPS) is 20.4. The van der Waals surface area contributed by atoms with Gasteiger partial charge >= 0.3 is 0 Å². The molecule has 1 unspecified atom stereocenters. The summed E-state index contributed by atoms with van der Waals surface area (Å²) >= 11 is 10.1. The van der Waals surface area contributed by atoms with E-state index in [0.29, 0.717) is 11.1 Å². The van der Waals surface area contributed by atoms with Crippen molar-refractivity contribution in [1.82, 2.24) is 5.32 Å². The van der Waals surface area contributed by atoms with Gasteiger partial charge in [-0.05, 0) is 32.1 Å². The number of rotatable bonds is 6. The molecule has 0 radical (unpaired) electrons. The van der Waals surface area contributed by atoms with Crippen LogP contribution in [0.2, 0.25) is 0 Å². The van der Waals surface area contributed by atoms with Gasteiger partial charge in [-0.2, -0.15) is 0 Å². The Labute approximate surface area is 108 Å². The van der Waals surface area contributed by atoms with Gasteiger partial charge < -0.3 is 15.8 Å². The second kappa shape index (κ2) is 7.92. The van der Waals surface area contributed by atoms with E-state index in [4.69, 9.17) is 34.9 Å². The van der Waals surface area contributed by atoms with E-state index in [9.17, 15) is 0 Å². The Hall–Kier alpha value is -0.260. The second-order valence-corrected chi connectivity index (χ2v) is 5.13. The summed E-state index contributed by atoms with van der Waals surface area (Å²) in [7, 11) is 0. The van der Waals surface area contributed by atoms with Crippen LogP contribution in [0.5, 0.6) is 0 Å². The van der Waals surface area contributed by atoms with Crippen LogP contribution >= 0.6 is 24.4 Å². The van der Waals surface area contributed by atoms with Gasteiger partial charge in [0, 0.05) is 19.6 Å². The van der Waals surface area contributed by atoms with Crippen molar-refractivity contribution in [3.05, 3.63) is 0 Å². The lowest BCUT2D eigenvalue weighted by molar-refractivity contribution is 0.0210. The maximum absolute atomic E-state index is 5.62. The molecule has 1 aliphatic heterocycles. The van der Waals surface area contributed by atoms with Crippen LogP contribution in [-0.4, -0.2) is 29.2 Å². The zero-order valence-electron chi connectivity index (χ0n) is 9.54. The number of nitrogens with one attached hydrogen (secondary N) is 1. The predicted molar refractivity (Wildman–Crippen MR) is 74.8 cm³/mol. The molecule has 0 aliphatic carbocycles. The Morgan fingerprint density at radius 1 is 1.38 bits per heavy atom. The predicted octanol–water partition coefficient (Wildman–Crippen LogP) is 1.93. The summed E-state index contributed by atoms with van der Waals surface area (Å²) in [4.78, 5) is 1.47. The summed E-state index contributed by atoms with van der Waals surface area (Å²) in [5, 5.41) is 3.22. The summed E-state index contributed by atoms with van der Waals surface area (Å²) < 4.78 is 5.62. The highest BCUT2D eigenvalue weighted by atomic mass is 32.1. The fraction of sp³-hybridized carbons (Fsp3) is 0.818. The van der Waals surface area contributed by atoms with Gasteiger partial charge in [0.2, 0.25) is 0 Å². The van der Waals surface area contributed by atoms with E-state index in [2.05, 4.69) is 5.32 Å². The van der Waals surface area contributed by atoms with Crippen molar-refractivity contribution < 1.29 is 4.74 Å².